The van der Waals surface area contributed by atoms with Crippen LogP contribution >= 0.6 is 15.9 Å². The molecule has 0 saturated carbocycles. The van der Waals surface area contributed by atoms with Gasteiger partial charge in [0.1, 0.15) is 5.54 Å². The van der Waals surface area contributed by atoms with Gasteiger partial charge in [0, 0.05) is 23.2 Å². The zero-order valence-corrected chi connectivity index (χ0v) is 11.9. The third-order valence-corrected chi connectivity index (χ3v) is 3.63. The summed E-state index contributed by atoms with van der Waals surface area (Å²) in [6.45, 7) is 5.12. The number of anilines is 1. The van der Waals surface area contributed by atoms with E-state index in [0.29, 0.717) is 12.1 Å². The van der Waals surface area contributed by atoms with E-state index in [0.717, 1.165) is 16.7 Å². The summed E-state index contributed by atoms with van der Waals surface area (Å²) < 4.78 is 0.846. The lowest BCUT2D eigenvalue weighted by Gasteiger charge is -2.43. The quantitative estimate of drug-likeness (QED) is 0.864. The van der Waals surface area contributed by atoms with Gasteiger partial charge < -0.3 is 10.2 Å². The first-order chi connectivity index (χ1) is 8.45. The molecule has 18 heavy (non-hydrogen) atoms. The van der Waals surface area contributed by atoms with Gasteiger partial charge in [-0.05, 0) is 32.0 Å². The van der Waals surface area contributed by atoms with Gasteiger partial charge in [-0.15, -0.1) is 0 Å². The minimum Gasteiger partial charge on any atom is -0.356 e. The van der Waals surface area contributed by atoms with Crippen LogP contribution in [0.15, 0.2) is 22.7 Å². The van der Waals surface area contributed by atoms with Crippen molar-refractivity contribution in [3.8, 4) is 6.07 Å². The molecule has 0 radical (unpaired) electrons. The predicted octanol–water partition coefficient (Wildman–Crippen LogP) is 2.04. The Morgan fingerprint density at radius 3 is 2.83 bits per heavy atom. The second-order valence-electron chi connectivity index (χ2n) is 4.78. The highest BCUT2D eigenvalue weighted by Crippen LogP contribution is 2.29. The van der Waals surface area contributed by atoms with Crippen LogP contribution in [0.1, 0.15) is 19.4 Å². The highest BCUT2D eigenvalue weighted by Gasteiger charge is 2.37. The average Bonchev–Trinajstić information content (AvgIpc) is 2.31. The molecule has 0 bridgehead atoms. The van der Waals surface area contributed by atoms with Crippen molar-refractivity contribution < 1.29 is 4.79 Å². The SMILES string of the molecule is CC1(C)C(=O)NCCN1c1cc(Br)cc(C#N)c1. The van der Waals surface area contributed by atoms with Crippen molar-refractivity contribution in [2.45, 2.75) is 19.4 Å². The van der Waals surface area contributed by atoms with Crippen molar-refractivity contribution in [3.05, 3.63) is 28.2 Å². The molecule has 0 atom stereocenters. The second kappa shape index (κ2) is 4.62. The number of nitrogens with zero attached hydrogens (tertiary/aromatic N) is 2. The van der Waals surface area contributed by atoms with Crippen LogP contribution in [0.4, 0.5) is 5.69 Å². The maximum atomic E-state index is 11.9. The first-order valence-electron chi connectivity index (χ1n) is 5.72. The second-order valence-corrected chi connectivity index (χ2v) is 5.69. The molecule has 5 heteroatoms. The summed E-state index contributed by atoms with van der Waals surface area (Å²) in [5.41, 5.74) is 0.869. The van der Waals surface area contributed by atoms with Crippen molar-refractivity contribution in [2.24, 2.45) is 0 Å². The molecule has 1 amide bonds. The lowest BCUT2D eigenvalue weighted by atomic mass is 9.97. The van der Waals surface area contributed by atoms with Crippen LogP contribution in [0.2, 0.25) is 0 Å². The normalized spacial score (nSPS) is 18.1. The van der Waals surface area contributed by atoms with E-state index in [4.69, 9.17) is 5.26 Å². The molecule has 1 N–H and O–H groups in total. The maximum Gasteiger partial charge on any atom is 0.245 e. The van der Waals surface area contributed by atoms with Gasteiger partial charge in [0.05, 0.1) is 11.6 Å². The average molecular weight is 308 g/mol. The van der Waals surface area contributed by atoms with E-state index in [1.807, 2.05) is 30.9 Å². The molecule has 1 aliphatic rings. The molecule has 2 rings (SSSR count). The number of amides is 1. The molecule has 1 aromatic rings. The molecule has 1 aromatic carbocycles. The fourth-order valence-corrected chi connectivity index (χ4v) is 2.63. The first-order valence-corrected chi connectivity index (χ1v) is 6.51. The Kier molecular flexibility index (Phi) is 3.31. The van der Waals surface area contributed by atoms with Crippen molar-refractivity contribution >= 4 is 27.5 Å². The van der Waals surface area contributed by atoms with Crippen molar-refractivity contribution in [3.63, 3.8) is 0 Å². The van der Waals surface area contributed by atoms with Crippen LogP contribution in [0.3, 0.4) is 0 Å². The van der Waals surface area contributed by atoms with Crippen LogP contribution in [-0.2, 0) is 4.79 Å². The number of hydrogen-bond acceptors (Lipinski definition) is 3. The van der Waals surface area contributed by atoms with E-state index in [-0.39, 0.29) is 5.91 Å². The third kappa shape index (κ3) is 2.21. The first kappa shape index (κ1) is 12.9. The zero-order chi connectivity index (χ0) is 13.3. The lowest BCUT2D eigenvalue weighted by molar-refractivity contribution is -0.126. The Bertz CT molecular complexity index is 534. The van der Waals surface area contributed by atoms with Crippen LogP contribution < -0.4 is 10.2 Å². The van der Waals surface area contributed by atoms with Crippen LogP contribution in [0, 0.1) is 11.3 Å². The number of hydrogen-bond donors (Lipinski definition) is 1. The minimum absolute atomic E-state index is 0.00670. The highest BCUT2D eigenvalue weighted by molar-refractivity contribution is 9.10. The number of nitrogens with one attached hydrogen (secondary N) is 1. The Balaban J connectivity index is 2.45. The van der Waals surface area contributed by atoms with Gasteiger partial charge in [-0.3, -0.25) is 4.79 Å². The van der Waals surface area contributed by atoms with E-state index in [1.54, 1.807) is 6.07 Å². The van der Waals surface area contributed by atoms with E-state index in [9.17, 15) is 4.79 Å². The molecule has 1 heterocycles. The standard InChI is InChI=1S/C13H14BrN3O/c1-13(2)12(18)16-3-4-17(13)11-6-9(8-15)5-10(14)7-11/h5-7H,3-4H2,1-2H3,(H,16,18). The molecular formula is C13H14BrN3O. The van der Waals surface area contributed by atoms with E-state index in [2.05, 4.69) is 27.3 Å². The van der Waals surface area contributed by atoms with Crippen molar-refractivity contribution in [2.75, 3.05) is 18.0 Å². The van der Waals surface area contributed by atoms with E-state index in [1.165, 1.54) is 0 Å². The maximum absolute atomic E-state index is 11.9. The monoisotopic (exact) mass is 307 g/mol. The smallest absolute Gasteiger partial charge is 0.245 e. The highest BCUT2D eigenvalue weighted by atomic mass is 79.9. The van der Waals surface area contributed by atoms with Gasteiger partial charge in [-0.2, -0.15) is 5.26 Å². The predicted molar refractivity (Wildman–Crippen MR) is 73.3 cm³/mol. The van der Waals surface area contributed by atoms with Gasteiger partial charge >= 0.3 is 0 Å². The Hall–Kier alpha value is -1.54. The molecule has 4 nitrogen and oxygen atoms in total. The lowest BCUT2D eigenvalue weighted by Crippen LogP contribution is -2.62. The summed E-state index contributed by atoms with van der Waals surface area (Å²) in [5.74, 6) is 0.00670. The minimum atomic E-state index is -0.605. The van der Waals surface area contributed by atoms with Crippen LogP contribution in [0.25, 0.3) is 0 Å². The van der Waals surface area contributed by atoms with E-state index < -0.39 is 5.54 Å². The number of rotatable bonds is 1. The molecule has 0 unspecified atom stereocenters. The zero-order valence-electron chi connectivity index (χ0n) is 10.3. The molecule has 1 saturated heterocycles. The number of nitriles is 1. The number of carbonyl (C=O) groups is 1. The molecule has 0 aromatic heterocycles. The molecule has 1 fully saturated rings. The molecule has 94 valence electrons. The Morgan fingerprint density at radius 1 is 1.44 bits per heavy atom. The fourth-order valence-electron chi connectivity index (χ4n) is 2.15. The topological polar surface area (TPSA) is 56.1 Å². The van der Waals surface area contributed by atoms with Crippen molar-refractivity contribution in [1.29, 1.82) is 5.26 Å². The van der Waals surface area contributed by atoms with Gasteiger partial charge in [-0.25, -0.2) is 0 Å². The number of halogens is 1. The van der Waals surface area contributed by atoms with Gasteiger partial charge in [0.25, 0.3) is 0 Å². The summed E-state index contributed by atoms with van der Waals surface area (Å²) in [4.78, 5) is 13.9. The summed E-state index contributed by atoms with van der Waals surface area (Å²) in [7, 11) is 0. The largest absolute Gasteiger partial charge is 0.356 e. The molecule has 0 aliphatic carbocycles. The molecule has 0 spiro atoms. The van der Waals surface area contributed by atoms with Gasteiger partial charge in [-0.1, -0.05) is 15.9 Å². The van der Waals surface area contributed by atoms with Crippen LogP contribution in [0.5, 0.6) is 0 Å². The Morgan fingerprint density at radius 2 is 2.17 bits per heavy atom. The summed E-state index contributed by atoms with van der Waals surface area (Å²) >= 11 is 3.39. The van der Waals surface area contributed by atoms with Gasteiger partial charge in [0.2, 0.25) is 5.91 Å². The Labute approximate surface area is 115 Å². The summed E-state index contributed by atoms with van der Waals surface area (Å²) in [6.07, 6.45) is 0. The van der Waals surface area contributed by atoms with Gasteiger partial charge in [0.15, 0.2) is 0 Å². The van der Waals surface area contributed by atoms with E-state index >= 15 is 0 Å². The van der Waals surface area contributed by atoms with Crippen molar-refractivity contribution in [1.82, 2.24) is 5.32 Å². The number of benzene rings is 1. The number of piperazine rings is 1. The summed E-state index contributed by atoms with van der Waals surface area (Å²) in [5, 5.41) is 11.9. The molecular weight excluding hydrogens is 294 g/mol. The number of carbonyl (C=O) groups excluding carboxylic acids is 1. The summed E-state index contributed by atoms with van der Waals surface area (Å²) in [6, 6.07) is 7.64. The third-order valence-electron chi connectivity index (χ3n) is 3.17. The fraction of sp³-hybridized carbons (Fsp3) is 0.385. The molecule has 1 aliphatic heterocycles. The van der Waals surface area contributed by atoms with Crippen LogP contribution in [-0.4, -0.2) is 24.5 Å².